The fourth-order valence-corrected chi connectivity index (χ4v) is 2.13. The second-order valence-corrected chi connectivity index (χ2v) is 4.80. The maximum absolute atomic E-state index is 6.06. The predicted octanol–water partition coefficient (Wildman–Crippen LogP) is 2.37. The highest BCUT2D eigenvalue weighted by Gasteiger charge is 2.14. The van der Waals surface area contributed by atoms with E-state index in [1.807, 2.05) is 13.0 Å². The number of methoxy groups -OCH3 is 1. The third kappa shape index (κ3) is 3.86. The molecule has 0 atom stereocenters. The van der Waals surface area contributed by atoms with Crippen molar-refractivity contribution in [3.63, 3.8) is 0 Å². The lowest BCUT2D eigenvalue weighted by molar-refractivity contribution is 0.244. The summed E-state index contributed by atoms with van der Waals surface area (Å²) in [6.45, 7) is 2.60. The standard InChI is InChI=1S/C14H18ClN3O3/c1-3-12-17-18-13(21-12)8-20-14-9(4-5-16)6-10(15)7-11(14)19-2/h6-7H,3-5,8,16H2,1-2H3. The highest BCUT2D eigenvalue weighted by molar-refractivity contribution is 6.30. The smallest absolute Gasteiger partial charge is 0.253 e. The first kappa shape index (κ1) is 15.6. The van der Waals surface area contributed by atoms with E-state index in [4.69, 9.17) is 31.2 Å². The van der Waals surface area contributed by atoms with Crippen LogP contribution < -0.4 is 15.2 Å². The van der Waals surface area contributed by atoms with E-state index in [2.05, 4.69) is 10.2 Å². The fraction of sp³-hybridized carbons (Fsp3) is 0.429. The summed E-state index contributed by atoms with van der Waals surface area (Å²) < 4.78 is 16.5. The van der Waals surface area contributed by atoms with E-state index in [1.165, 1.54) is 0 Å². The zero-order chi connectivity index (χ0) is 15.2. The van der Waals surface area contributed by atoms with Crippen LogP contribution in [0.2, 0.25) is 5.02 Å². The van der Waals surface area contributed by atoms with Crippen molar-refractivity contribution in [2.24, 2.45) is 5.73 Å². The number of aryl methyl sites for hydroxylation is 1. The van der Waals surface area contributed by atoms with Gasteiger partial charge in [0, 0.05) is 23.1 Å². The van der Waals surface area contributed by atoms with Crippen molar-refractivity contribution >= 4 is 11.6 Å². The molecule has 114 valence electrons. The summed E-state index contributed by atoms with van der Waals surface area (Å²) in [6.07, 6.45) is 1.33. The maximum atomic E-state index is 6.06. The lowest BCUT2D eigenvalue weighted by atomic mass is 10.1. The van der Waals surface area contributed by atoms with E-state index in [-0.39, 0.29) is 6.61 Å². The van der Waals surface area contributed by atoms with Gasteiger partial charge in [0.25, 0.3) is 5.89 Å². The van der Waals surface area contributed by atoms with Crippen molar-refractivity contribution in [1.29, 1.82) is 0 Å². The number of rotatable bonds is 7. The van der Waals surface area contributed by atoms with Gasteiger partial charge in [0.1, 0.15) is 0 Å². The molecule has 0 bridgehead atoms. The highest BCUT2D eigenvalue weighted by Crippen LogP contribution is 2.35. The molecule has 0 aliphatic rings. The Kier molecular flexibility index (Phi) is 5.41. The molecular weight excluding hydrogens is 294 g/mol. The van der Waals surface area contributed by atoms with E-state index < -0.39 is 0 Å². The zero-order valence-electron chi connectivity index (χ0n) is 12.1. The van der Waals surface area contributed by atoms with Crippen molar-refractivity contribution in [2.75, 3.05) is 13.7 Å². The summed E-state index contributed by atoms with van der Waals surface area (Å²) in [4.78, 5) is 0. The van der Waals surface area contributed by atoms with Gasteiger partial charge in [-0.3, -0.25) is 0 Å². The minimum absolute atomic E-state index is 0.169. The van der Waals surface area contributed by atoms with Crippen LogP contribution >= 0.6 is 11.6 Å². The Labute approximate surface area is 128 Å². The summed E-state index contributed by atoms with van der Waals surface area (Å²) in [7, 11) is 1.56. The molecule has 0 saturated carbocycles. The van der Waals surface area contributed by atoms with Crippen LogP contribution in [0.3, 0.4) is 0 Å². The lowest BCUT2D eigenvalue weighted by Gasteiger charge is -2.14. The molecule has 2 aromatic rings. The number of hydrogen-bond acceptors (Lipinski definition) is 6. The number of benzene rings is 1. The molecule has 6 nitrogen and oxygen atoms in total. The van der Waals surface area contributed by atoms with Gasteiger partial charge in [0.05, 0.1) is 7.11 Å². The minimum atomic E-state index is 0.169. The van der Waals surface area contributed by atoms with Gasteiger partial charge in [-0.2, -0.15) is 0 Å². The van der Waals surface area contributed by atoms with Crippen LogP contribution in [0.1, 0.15) is 24.3 Å². The van der Waals surface area contributed by atoms with Gasteiger partial charge in [-0.15, -0.1) is 10.2 Å². The van der Waals surface area contributed by atoms with Gasteiger partial charge in [0.15, 0.2) is 18.1 Å². The first-order chi connectivity index (χ1) is 10.2. The van der Waals surface area contributed by atoms with Gasteiger partial charge in [-0.25, -0.2) is 0 Å². The number of aromatic nitrogens is 2. The number of hydrogen-bond donors (Lipinski definition) is 1. The molecule has 2 rings (SSSR count). The maximum Gasteiger partial charge on any atom is 0.253 e. The lowest BCUT2D eigenvalue weighted by Crippen LogP contribution is -2.07. The zero-order valence-corrected chi connectivity index (χ0v) is 12.8. The third-order valence-corrected chi connectivity index (χ3v) is 3.10. The number of nitrogens with two attached hydrogens (primary N) is 1. The summed E-state index contributed by atoms with van der Waals surface area (Å²) in [5.74, 6) is 2.16. The molecule has 0 aliphatic heterocycles. The van der Waals surface area contributed by atoms with Gasteiger partial charge >= 0.3 is 0 Å². The Morgan fingerprint density at radius 1 is 1.29 bits per heavy atom. The Bertz CT molecular complexity index is 601. The summed E-state index contributed by atoms with van der Waals surface area (Å²) >= 11 is 6.06. The average Bonchev–Trinajstić information content (AvgIpc) is 2.94. The minimum Gasteiger partial charge on any atom is -0.493 e. The van der Waals surface area contributed by atoms with E-state index in [0.717, 1.165) is 5.56 Å². The van der Waals surface area contributed by atoms with Gasteiger partial charge < -0.3 is 19.6 Å². The van der Waals surface area contributed by atoms with E-state index in [1.54, 1.807) is 13.2 Å². The molecule has 0 aliphatic carbocycles. The van der Waals surface area contributed by atoms with Crippen LogP contribution in [0.5, 0.6) is 11.5 Å². The van der Waals surface area contributed by atoms with Crippen molar-refractivity contribution in [1.82, 2.24) is 10.2 Å². The molecule has 0 radical (unpaired) electrons. The molecule has 7 heteroatoms. The van der Waals surface area contributed by atoms with Crippen LogP contribution in [0, 0.1) is 0 Å². The molecule has 0 fully saturated rings. The SMILES string of the molecule is CCc1nnc(COc2c(CCN)cc(Cl)cc2OC)o1. The van der Waals surface area contributed by atoms with Gasteiger partial charge in [-0.1, -0.05) is 18.5 Å². The molecule has 2 N–H and O–H groups in total. The predicted molar refractivity (Wildman–Crippen MR) is 78.8 cm³/mol. The number of nitrogens with zero attached hydrogens (tertiary/aromatic N) is 2. The molecule has 0 spiro atoms. The second-order valence-electron chi connectivity index (χ2n) is 4.37. The molecule has 0 saturated heterocycles. The summed E-state index contributed by atoms with van der Waals surface area (Å²) in [5.41, 5.74) is 6.51. The molecule has 1 aromatic heterocycles. The van der Waals surface area contributed by atoms with E-state index >= 15 is 0 Å². The van der Waals surface area contributed by atoms with Crippen molar-refractivity contribution < 1.29 is 13.9 Å². The van der Waals surface area contributed by atoms with E-state index in [0.29, 0.717) is 47.7 Å². The first-order valence-corrected chi connectivity index (χ1v) is 7.06. The quantitative estimate of drug-likeness (QED) is 0.845. The van der Waals surface area contributed by atoms with Crippen molar-refractivity contribution in [3.05, 3.63) is 34.5 Å². The van der Waals surface area contributed by atoms with Crippen LogP contribution in [0.25, 0.3) is 0 Å². The third-order valence-electron chi connectivity index (χ3n) is 2.88. The highest BCUT2D eigenvalue weighted by atomic mass is 35.5. The van der Waals surface area contributed by atoms with Crippen molar-refractivity contribution in [2.45, 2.75) is 26.4 Å². The Balaban J connectivity index is 2.20. The Hall–Kier alpha value is -1.79. The van der Waals surface area contributed by atoms with Crippen LogP contribution in [0.4, 0.5) is 0 Å². The van der Waals surface area contributed by atoms with Crippen LogP contribution in [0.15, 0.2) is 16.5 Å². The topological polar surface area (TPSA) is 83.4 Å². The molecule has 1 aromatic carbocycles. The second kappa shape index (κ2) is 7.28. The summed E-state index contributed by atoms with van der Waals surface area (Å²) in [6, 6.07) is 3.51. The average molecular weight is 312 g/mol. The number of halogens is 1. The first-order valence-electron chi connectivity index (χ1n) is 6.68. The van der Waals surface area contributed by atoms with Crippen LogP contribution in [-0.2, 0) is 19.4 Å². The normalized spacial score (nSPS) is 10.7. The van der Waals surface area contributed by atoms with Crippen molar-refractivity contribution in [3.8, 4) is 11.5 Å². The molecule has 1 heterocycles. The van der Waals surface area contributed by atoms with Gasteiger partial charge in [-0.05, 0) is 19.0 Å². The Morgan fingerprint density at radius 3 is 2.67 bits per heavy atom. The summed E-state index contributed by atoms with van der Waals surface area (Å²) in [5, 5.41) is 8.39. The molecule has 21 heavy (non-hydrogen) atoms. The molecule has 0 amide bonds. The Morgan fingerprint density at radius 2 is 2.05 bits per heavy atom. The van der Waals surface area contributed by atoms with Gasteiger partial charge in [0.2, 0.25) is 5.89 Å². The monoisotopic (exact) mass is 311 g/mol. The van der Waals surface area contributed by atoms with Crippen LogP contribution in [-0.4, -0.2) is 23.9 Å². The largest absolute Gasteiger partial charge is 0.493 e. The fourth-order valence-electron chi connectivity index (χ4n) is 1.90. The van der Waals surface area contributed by atoms with E-state index in [9.17, 15) is 0 Å². The molecular formula is C14H18ClN3O3. The molecule has 0 unspecified atom stereocenters. The number of ether oxygens (including phenoxy) is 2.